The molecule has 0 spiro atoms. The van der Waals surface area contributed by atoms with Gasteiger partial charge in [-0.3, -0.25) is 0 Å². The standard InChI is InChI=1S/C18H24NSi.C17H11N2O.Ir/c1-14(2)11-16-12-17(15-9-7-6-8-10-15)19-13-18(16)20(3,4)5;1-11-5-7-13-14-10-12(15-4-2-3-9-18-15)6-8-16(14)20-17(13)19-11;/h6-9,12-14H,11H2,1-5H3;2-5,7-10H,1H3;/q2*-1;. The number of aromatic nitrogens is 3. The minimum Gasteiger partial charge on any atom is -0.486 e. The van der Waals surface area contributed by atoms with Crippen molar-refractivity contribution >= 4 is 35.3 Å². The minimum absolute atomic E-state index is 0. The smallest absolute Gasteiger partial charge is 0.216 e. The number of furan rings is 1. The van der Waals surface area contributed by atoms with Crippen molar-refractivity contribution in [2.75, 3.05) is 0 Å². The Kier molecular flexibility index (Phi) is 9.70. The summed E-state index contributed by atoms with van der Waals surface area (Å²) in [7, 11) is -1.34. The number of fused-ring (bicyclic) bond motifs is 3. The van der Waals surface area contributed by atoms with E-state index in [1.54, 1.807) is 6.20 Å². The van der Waals surface area contributed by atoms with Crippen LogP contribution in [0.15, 0.2) is 89.6 Å². The molecule has 0 N–H and O–H groups in total. The van der Waals surface area contributed by atoms with Gasteiger partial charge in [0.15, 0.2) is 0 Å². The van der Waals surface area contributed by atoms with Crippen LogP contribution in [0.4, 0.5) is 0 Å². The molecule has 0 unspecified atom stereocenters. The van der Waals surface area contributed by atoms with Crippen LogP contribution >= 0.6 is 0 Å². The van der Waals surface area contributed by atoms with E-state index in [-0.39, 0.29) is 20.1 Å². The van der Waals surface area contributed by atoms with Crippen molar-refractivity contribution < 1.29 is 24.5 Å². The van der Waals surface area contributed by atoms with E-state index in [1.807, 2.05) is 61.5 Å². The fourth-order valence-corrected chi connectivity index (χ4v) is 6.43. The van der Waals surface area contributed by atoms with Crippen molar-refractivity contribution in [1.82, 2.24) is 15.0 Å². The summed E-state index contributed by atoms with van der Waals surface area (Å²) >= 11 is 0. The van der Waals surface area contributed by atoms with Gasteiger partial charge in [-0.25, -0.2) is 4.98 Å². The molecular weight excluding hydrogens is 699 g/mol. The molecule has 4 aromatic heterocycles. The zero-order valence-electron chi connectivity index (χ0n) is 24.5. The van der Waals surface area contributed by atoms with E-state index in [0.29, 0.717) is 11.6 Å². The van der Waals surface area contributed by atoms with E-state index in [2.05, 4.69) is 85.0 Å². The van der Waals surface area contributed by atoms with E-state index in [1.165, 1.54) is 10.8 Å². The zero-order valence-corrected chi connectivity index (χ0v) is 27.8. The number of nitrogens with zero attached hydrogens (tertiary/aromatic N) is 3. The molecule has 0 atom stereocenters. The molecule has 0 bridgehead atoms. The molecule has 0 saturated carbocycles. The molecule has 0 aliphatic heterocycles. The third-order valence-electron chi connectivity index (χ3n) is 6.76. The molecular formula is C35H35IrN3OSi-2. The van der Waals surface area contributed by atoms with E-state index >= 15 is 0 Å². The van der Waals surface area contributed by atoms with Crippen LogP contribution in [0.5, 0.6) is 0 Å². The molecule has 4 nitrogen and oxygen atoms in total. The van der Waals surface area contributed by atoms with Gasteiger partial charge >= 0.3 is 0 Å². The van der Waals surface area contributed by atoms with Crippen molar-refractivity contribution in [3.63, 3.8) is 0 Å². The first-order chi connectivity index (χ1) is 19.2. The minimum atomic E-state index is -1.34. The molecule has 211 valence electrons. The summed E-state index contributed by atoms with van der Waals surface area (Å²) in [6, 6.07) is 30.6. The van der Waals surface area contributed by atoms with Crippen molar-refractivity contribution in [1.29, 1.82) is 0 Å². The summed E-state index contributed by atoms with van der Waals surface area (Å²) in [4.78, 5) is 13.5. The van der Waals surface area contributed by atoms with Gasteiger partial charge in [0.05, 0.1) is 13.7 Å². The van der Waals surface area contributed by atoms with Crippen molar-refractivity contribution in [2.24, 2.45) is 5.92 Å². The maximum absolute atomic E-state index is 5.76. The predicted molar refractivity (Wildman–Crippen MR) is 168 cm³/mol. The fraction of sp³-hybridized carbons (Fsp3) is 0.229. The first-order valence-electron chi connectivity index (χ1n) is 13.8. The second-order valence-electron chi connectivity index (χ2n) is 11.6. The Morgan fingerprint density at radius 2 is 1.66 bits per heavy atom. The first kappa shape index (κ1) is 30.5. The SMILES string of the molecule is CC(C)Cc1cc(-c2[c-]cccc2)ncc1[Si](C)(C)C.Cc1ccc2c(n1)oc1c[c-]c(-c3ccccn3)cc12.[Ir]. The molecule has 4 heterocycles. The summed E-state index contributed by atoms with van der Waals surface area (Å²) in [5.74, 6) is 0.667. The largest absolute Gasteiger partial charge is 0.486 e. The molecule has 2 aromatic carbocycles. The number of rotatable bonds is 5. The molecule has 6 rings (SSSR count). The topological polar surface area (TPSA) is 51.8 Å². The van der Waals surface area contributed by atoms with Crippen molar-refractivity contribution in [3.8, 4) is 22.5 Å². The molecule has 0 aliphatic rings. The van der Waals surface area contributed by atoms with Crippen molar-refractivity contribution in [2.45, 2.75) is 46.8 Å². The molecule has 0 saturated heterocycles. The average Bonchev–Trinajstić information content (AvgIpc) is 3.30. The number of aryl methyl sites for hydroxylation is 1. The van der Waals surface area contributed by atoms with Crippen LogP contribution in [0.25, 0.3) is 44.6 Å². The number of pyridine rings is 3. The quantitative estimate of drug-likeness (QED) is 0.132. The van der Waals surface area contributed by atoms with Crippen LogP contribution in [-0.2, 0) is 26.5 Å². The van der Waals surface area contributed by atoms with E-state index < -0.39 is 8.07 Å². The summed E-state index contributed by atoms with van der Waals surface area (Å²) in [6.07, 6.45) is 5.02. The Morgan fingerprint density at radius 3 is 2.34 bits per heavy atom. The second kappa shape index (κ2) is 13.0. The third kappa shape index (κ3) is 7.26. The van der Waals surface area contributed by atoms with Gasteiger partial charge in [-0.05, 0) is 54.0 Å². The first-order valence-corrected chi connectivity index (χ1v) is 17.3. The van der Waals surface area contributed by atoms with E-state index in [9.17, 15) is 0 Å². The maximum atomic E-state index is 5.76. The second-order valence-corrected chi connectivity index (χ2v) is 16.6. The van der Waals surface area contributed by atoms with Gasteiger partial charge < -0.3 is 14.4 Å². The zero-order chi connectivity index (χ0) is 28.3. The monoisotopic (exact) mass is 734 g/mol. The fourth-order valence-electron chi connectivity index (χ4n) is 4.84. The molecule has 41 heavy (non-hydrogen) atoms. The summed E-state index contributed by atoms with van der Waals surface area (Å²) in [5.41, 5.74) is 7.89. The Labute approximate surface area is 257 Å². The van der Waals surface area contributed by atoms with Gasteiger partial charge in [-0.2, -0.15) is 0 Å². The number of hydrogen-bond acceptors (Lipinski definition) is 4. The molecule has 0 fully saturated rings. The number of hydrogen-bond donors (Lipinski definition) is 0. The molecule has 6 aromatic rings. The van der Waals surface area contributed by atoms with Crippen molar-refractivity contribution in [3.05, 3.63) is 109 Å². The Balaban J connectivity index is 0.000000184. The third-order valence-corrected chi connectivity index (χ3v) is 8.83. The van der Waals surface area contributed by atoms with Gasteiger partial charge in [-0.15, -0.1) is 59.7 Å². The Bertz CT molecular complexity index is 1740. The van der Waals surface area contributed by atoms with Crippen LogP contribution in [0, 0.1) is 25.0 Å². The Morgan fingerprint density at radius 1 is 0.854 bits per heavy atom. The summed E-state index contributed by atoms with van der Waals surface area (Å²) < 4.78 is 5.76. The summed E-state index contributed by atoms with van der Waals surface area (Å²) in [6.45, 7) is 13.7. The molecule has 0 aliphatic carbocycles. The van der Waals surface area contributed by atoms with Crippen LogP contribution < -0.4 is 5.19 Å². The van der Waals surface area contributed by atoms with Crippen LogP contribution in [0.3, 0.4) is 0 Å². The molecule has 1 radical (unpaired) electrons. The molecule has 0 amide bonds. The van der Waals surface area contributed by atoms with Crippen LogP contribution in [0.1, 0.15) is 25.1 Å². The maximum Gasteiger partial charge on any atom is 0.216 e. The predicted octanol–water partition coefficient (Wildman–Crippen LogP) is 8.44. The van der Waals surface area contributed by atoms with Gasteiger partial charge in [0.1, 0.15) is 0 Å². The van der Waals surface area contributed by atoms with Gasteiger partial charge in [0.25, 0.3) is 0 Å². The van der Waals surface area contributed by atoms with E-state index in [4.69, 9.17) is 4.42 Å². The van der Waals surface area contributed by atoms with Crippen LogP contribution in [-0.4, -0.2) is 23.0 Å². The normalized spacial score (nSPS) is 11.3. The number of benzene rings is 2. The average molecular weight is 734 g/mol. The van der Waals surface area contributed by atoms with Gasteiger partial charge in [0.2, 0.25) is 5.71 Å². The molecule has 6 heteroatoms. The Hall–Kier alpha value is -3.44. The van der Waals surface area contributed by atoms with Gasteiger partial charge in [0, 0.05) is 43.6 Å². The van der Waals surface area contributed by atoms with E-state index in [0.717, 1.165) is 51.0 Å². The van der Waals surface area contributed by atoms with Crippen LogP contribution in [0.2, 0.25) is 19.6 Å². The van der Waals surface area contributed by atoms with Gasteiger partial charge in [-0.1, -0.05) is 62.6 Å². The summed E-state index contributed by atoms with van der Waals surface area (Å²) in [5, 5.41) is 3.56.